The molecule has 0 fully saturated rings. The van der Waals surface area contributed by atoms with Gasteiger partial charge in [-0.3, -0.25) is 0 Å². The van der Waals surface area contributed by atoms with E-state index in [1.807, 2.05) is 0 Å². The van der Waals surface area contributed by atoms with Crippen molar-refractivity contribution in [1.29, 1.82) is 0 Å². The van der Waals surface area contributed by atoms with Gasteiger partial charge in [0.2, 0.25) is 0 Å². The Balaban J connectivity index is 0.000000238. The van der Waals surface area contributed by atoms with Crippen molar-refractivity contribution in [1.82, 2.24) is 0 Å². The molecular weight excluding hydrogens is 344 g/mol. The first-order valence-electron chi connectivity index (χ1n) is 8.69. The minimum Gasteiger partial charge on any atom is -0.0924 e. The number of halogens is 1. The van der Waals surface area contributed by atoms with Crippen molar-refractivity contribution in [2.24, 2.45) is 11.8 Å². The number of rotatable bonds is 6. The van der Waals surface area contributed by atoms with Crippen molar-refractivity contribution in [3.05, 3.63) is 71.3 Å². The van der Waals surface area contributed by atoms with E-state index < -0.39 is 0 Å². The average Bonchev–Trinajstić information content (AvgIpc) is 2.50. The molecule has 0 N–H and O–H groups in total. The fourth-order valence-electron chi connectivity index (χ4n) is 2.51. The lowest BCUT2D eigenvalue weighted by molar-refractivity contribution is 0.647. The molecule has 0 radical (unpaired) electrons. The molecule has 23 heavy (non-hydrogen) atoms. The summed E-state index contributed by atoms with van der Waals surface area (Å²) in [4.78, 5) is 0. The van der Waals surface area contributed by atoms with Gasteiger partial charge in [-0.1, -0.05) is 98.2 Å². The molecule has 2 aromatic rings. The monoisotopic (exact) mass is 374 g/mol. The number of alkyl halides is 1. The summed E-state index contributed by atoms with van der Waals surface area (Å²) < 4.78 is 0. The Morgan fingerprint density at radius 2 is 1.09 bits per heavy atom. The molecule has 0 aliphatic carbocycles. The summed E-state index contributed by atoms with van der Waals surface area (Å²) in [6.07, 6.45) is 3.51. The molecule has 0 unspecified atom stereocenters. The van der Waals surface area contributed by atoms with Gasteiger partial charge in [0.15, 0.2) is 0 Å². The van der Waals surface area contributed by atoms with E-state index in [0.29, 0.717) is 0 Å². The smallest absolute Gasteiger partial charge is 0.00718 e. The number of hydrogen-bond donors (Lipinski definition) is 0. The molecule has 126 valence electrons. The van der Waals surface area contributed by atoms with Crippen molar-refractivity contribution in [3.8, 4) is 0 Å². The van der Waals surface area contributed by atoms with Crippen molar-refractivity contribution in [3.63, 3.8) is 0 Å². The van der Waals surface area contributed by atoms with Crippen LogP contribution in [-0.2, 0) is 19.3 Å². The Hall–Kier alpha value is -1.08. The van der Waals surface area contributed by atoms with Crippen LogP contribution in [-0.4, -0.2) is 5.33 Å². The standard InChI is InChI=1S/C12H17Br.C10H14/c1-10(2)9-12-5-3-11(4-6-12)7-8-13;1-9(2)8-10-6-4-3-5-7-10/h3-6,10H,7-9H2,1-2H3;3-7,9H,8H2,1-2H3. The van der Waals surface area contributed by atoms with Gasteiger partial charge in [-0.05, 0) is 47.8 Å². The lowest BCUT2D eigenvalue weighted by Crippen LogP contribution is -1.94. The van der Waals surface area contributed by atoms with E-state index in [1.54, 1.807) is 0 Å². The molecular formula is C22H31Br. The predicted octanol–water partition coefficient (Wildman–Crippen LogP) is 6.71. The SMILES string of the molecule is CC(C)Cc1ccc(CCBr)cc1.CC(C)Cc1ccccc1. The van der Waals surface area contributed by atoms with Crippen LogP contribution in [0.15, 0.2) is 54.6 Å². The zero-order chi connectivity index (χ0) is 17.1. The molecule has 0 aliphatic heterocycles. The summed E-state index contributed by atoms with van der Waals surface area (Å²) in [6.45, 7) is 9.00. The Labute approximate surface area is 151 Å². The molecule has 0 saturated carbocycles. The van der Waals surface area contributed by atoms with E-state index in [4.69, 9.17) is 0 Å². The van der Waals surface area contributed by atoms with Crippen molar-refractivity contribution >= 4 is 15.9 Å². The van der Waals surface area contributed by atoms with Gasteiger partial charge in [-0.15, -0.1) is 0 Å². The first-order valence-corrected chi connectivity index (χ1v) is 9.81. The molecule has 1 heteroatoms. The summed E-state index contributed by atoms with van der Waals surface area (Å²) >= 11 is 3.44. The summed E-state index contributed by atoms with van der Waals surface area (Å²) in [7, 11) is 0. The lowest BCUT2D eigenvalue weighted by Gasteiger charge is -2.05. The fraction of sp³-hybridized carbons (Fsp3) is 0.455. The Bertz CT molecular complexity index is 511. The van der Waals surface area contributed by atoms with Gasteiger partial charge >= 0.3 is 0 Å². The first kappa shape index (κ1) is 20.0. The van der Waals surface area contributed by atoms with Crippen LogP contribution >= 0.6 is 15.9 Å². The van der Waals surface area contributed by atoms with E-state index in [0.717, 1.165) is 23.6 Å². The molecule has 2 aromatic carbocycles. The van der Waals surface area contributed by atoms with Crippen LogP contribution in [0.2, 0.25) is 0 Å². The molecule has 0 saturated heterocycles. The minimum absolute atomic E-state index is 0.752. The molecule has 0 heterocycles. The third-order valence-electron chi connectivity index (χ3n) is 3.54. The quantitative estimate of drug-likeness (QED) is 0.492. The Morgan fingerprint density at radius 1 is 0.652 bits per heavy atom. The third-order valence-corrected chi connectivity index (χ3v) is 3.93. The van der Waals surface area contributed by atoms with Gasteiger partial charge < -0.3 is 0 Å². The second-order valence-corrected chi connectivity index (χ2v) is 7.73. The van der Waals surface area contributed by atoms with Gasteiger partial charge in [0, 0.05) is 5.33 Å². The molecule has 0 spiro atoms. The van der Waals surface area contributed by atoms with Crippen LogP contribution in [0.1, 0.15) is 44.4 Å². The highest BCUT2D eigenvalue weighted by molar-refractivity contribution is 9.09. The zero-order valence-electron chi connectivity index (χ0n) is 15.1. The second kappa shape index (κ2) is 11.5. The second-order valence-electron chi connectivity index (χ2n) is 6.94. The third kappa shape index (κ3) is 9.61. The molecule has 0 atom stereocenters. The average molecular weight is 375 g/mol. The molecule has 0 nitrogen and oxygen atoms in total. The van der Waals surface area contributed by atoms with Gasteiger partial charge in [0.25, 0.3) is 0 Å². The van der Waals surface area contributed by atoms with Gasteiger partial charge in [-0.2, -0.15) is 0 Å². The minimum atomic E-state index is 0.752. The van der Waals surface area contributed by atoms with Crippen molar-refractivity contribution < 1.29 is 0 Å². The first-order chi connectivity index (χ1) is 11.0. The Kier molecular flexibility index (Phi) is 9.94. The maximum atomic E-state index is 3.44. The van der Waals surface area contributed by atoms with Crippen molar-refractivity contribution in [2.75, 3.05) is 5.33 Å². The molecule has 0 bridgehead atoms. The van der Waals surface area contributed by atoms with Crippen LogP contribution in [0.5, 0.6) is 0 Å². The largest absolute Gasteiger partial charge is 0.0924 e. The highest BCUT2D eigenvalue weighted by Crippen LogP contribution is 2.10. The van der Waals surface area contributed by atoms with Gasteiger partial charge in [0.05, 0.1) is 0 Å². The highest BCUT2D eigenvalue weighted by Gasteiger charge is 1.97. The van der Waals surface area contributed by atoms with Crippen LogP contribution in [0, 0.1) is 11.8 Å². The normalized spacial score (nSPS) is 10.6. The Morgan fingerprint density at radius 3 is 1.52 bits per heavy atom. The van der Waals surface area contributed by atoms with E-state index in [1.165, 1.54) is 29.5 Å². The molecule has 0 aromatic heterocycles. The fourth-order valence-corrected chi connectivity index (χ4v) is 2.97. The number of benzene rings is 2. The van der Waals surface area contributed by atoms with E-state index in [2.05, 4.69) is 98.2 Å². The molecule has 0 aliphatic rings. The predicted molar refractivity (Wildman–Crippen MR) is 107 cm³/mol. The summed E-state index contributed by atoms with van der Waals surface area (Å²) in [5.74, 6) is 1.52. The van der Waals surface area contributed by atoms with Crippen LogP contribution in [0.3, 0.4) is 0 Å². The summed E-state index contributed by atoms with van der Waals surface area (Å²) in [5.41, 5.74) is 4.32. The molecule has 0 amide bonds. The van der Waals surface area contributed by atoms with Crippen molar-refractivity contribution in [2.45, 2.75) is 47.0 Å². The highest BCUT2D eigenvalue weighted by atomic mass is 79.9. The zero-order valence-corrected chi connectivity index (χ0v) is 16.6. The van der Waals surface area contributed by atoms with Gasteiger partial charge in [-0.25, -0.2) is 0 Å². The maximum absolute atomic E-state index is 3.44. The number of hydrogen-bond acceptors (Lipinski definition) is 0. The van der Waals surface area contributed by atoms with Crippen LogP contribution in [0.4, 0.5) is 0 Å². The topological polar surface area (TPSA) is 0 Å². The summed E-state index contributed by atoms with van der Waals surface area (Å²) in [6, 6.07) is 19.6. The number of aryl methyl sites for hydroxylation is 1. The maximum Gasteiger partial charge on any atom is 0.00718 e. The van der Waals surface area contributed by atoms with E-state index >= 15 is 0 Å². The van der Waals surface area contributed by atoms with E-state index in [-0.39, 0.29) is 0 Å². The van der Waals surface area contributed by atoms with E-state index in [9.17, 15) is 0 Å². The van der Waals surface area contributed by atoms with Crippen LogP contribution < -0.4 is 0 Å². The lowest BCUT2D eigenvalue weighted by atomic mass is 10.0. The summed E-state index contributed by atoms with van der Waals surface area (Å²) in [5, 5.41) is 1.05. The molecule has 2 rings (SSSR count). The van der Waals surface area contributed by atoms with Gasteiger partial charge in [0.1, 0.15) is 0 Å². The van der Waals surface area contributed by atoms with Crippen LogP contribution in [0.25, 0.3) is 0 Å².